The number of rotatable bonds is 3. The molecule has 2 aromatic rings. The molecule has 0 bridgehead atoms. The second-order valence-corrected chi connectivity index (χ2v) is 3.77. The molecule has 0 amide bonds. The van der Waals surface area contributed by atoms with Crippen molar-refractivity contribution in [3.05, 3.63) is 63.7 Å². The molecule has 0 aliphatic carbocycles. The van der Waals surface area contributed by atoms with Gasteiger partial charge < -0.3 is 5.32 Å². The van der Waals surface area contributed by atoms with Gasteiger partial charge in [0.2, 0.25) is 0 Å². The highest BCUT2D eigenvalue weighted by Crippen LogP contribution is 2.27. The fraction of sp³-hybridized carbons (Fsp3) is 0. The highest BCUT2D eigenvalue weighted by atomic mass is 35.5. The third-order valence-corrected chi connectivity index (χ3v) is 2.38. The van der Waals surface area contributed by atoms with Gasteiger partial charge in [0.25, 0.3) is 5.69 Å². The average Bonchev–Trinajstić information content (AvgIpc) is 2.29. The first-order valence-corrected chi connectivity index (χ1v) is 5.22. The van der Waals surface area contributed by atoms with Crippen molar-refractivity contribution in [2.24, 2.45) is 0 Å². The molecule has 0 atom stereocenters. The lowest BCUT2D eigenvalue weighted by atomic mass is 10.2. The van der Waals surface area contributed by atoms with Gasteiger partial charge in [-0.25, -0.2) is 0 Å². The molecule has 1 radical (unpaired) electrons. The first-order valence-electron chi connectivity index (χ1n) is 4.84. The fourth-order valence-corrected chi connectivity index (χ4v) is 1.59. The van der Waals surface area contributed by atoms with E-state index in [2.05, 4.69) is 11.4 Å². The number of hydrogen-bond donors (Lipinski definition) is 1. The third kappa shape index (κ3) is 2.73. The van der Waals surface area contributed by atoms with E-state index in [0.29, 0.717) is 16.4 Å². The van der Waals surface area contributed by atoms with Crippen LogP contribution in [0.1, 0.15) is 0 Å². The smallest absolute Gasteiger partial charge is 0.293 e. The van der Waals surface area contributed by atoms with Crippen molar-refractivity contribution in [1.82, 2.24) is 0 Å². The van der Waals surface area contributed by atoms with E-state index in [1.54, 1.807) is 36.4 Å². The average molecular weight is 248 g/mol. The van der Waals surface area contributed by atoms with Crippen molar-refractivity contribution in [2.75, 3.05) is 5.32 Å². The van der Waals surface area contributed by atoms with Gasteiger partial charge in [0.05, 0.1) is 4.92 Å². The number of benzene rings is 2. The molecule has 0 aliphatic rings. The van der Waals surface area contributed by atoms with Crippen LogP contribution in [-0.2, 0) is 0 Å². The SMILES string of the molecule is O=[N+]([O-])c1c[c]ccc1Nc1cccc(Cl)c1. The van der Waals surface area contributed by atoms with Gasteiger partial charge in [-0.15, -0.1) is 0 Å². The maximum absolute atomic E-state index is 10.8. The topological polar surface area (TPSA) is 55.2 Å². The van der Waals surface area contributed by atoms with Crippen LogP contribution >= 0.6 is 11.6 Å². The van der Waals surface area contributed by atoms with E-state index < -0.39 is 4.92 Å². The molecule has 0 unspecified atom stereocenters. The second-order valence-electron chi connectivity index (χ2n) is 3.34. The molecule has 0 saturated carbocycles. The Hall–Kier alpha value is -2.07. The predicted molar refractivity (Wildman–Crippen MR) is 66.7 cm³/mol. The maximum atomic E-state index is 10.8. The van der Waals surface area contributed by atoms with Crippen molar-refractivity contribution < 1.29 is 4.92 Å². The molecule has 0 saturated heterocycles. The lowest BCUT2D eigenvalue weighted by molar-refractivity contribution is -0.383. The number of nitro groups is 1. The summed E-state index contributed by atoms with van der Waals surface area (Å²) in [7, 11) is 0. The summed E-state index contributed by atoms with van der Waals surface area (Å²) in [5.41, 5.74) is 1.09. The molecule has 5 heteroatoms. The van der Waals surface area contributed by atoms with Crippen LogP contribution in [0.5, 0.6) is 0 Å². The Kier molecular flexibility index (Phi) is 3.25. The molecule has 0 spiro atoms. The van der Waals surface area contributed by atoms with E-state index in [9.17, 15) is 10.1 Å². The number of nitro benzene ring substituents is 1. The molecular formula is C12H8ClN2O2. The maximum Gasteiger partial charge on any atom is 0.293 e. The van der Waals surface area contributed by atoms with Crippen molar-refractivity contribution in [2.45, 2.75) is 0 Å². The summed E-state index contributed by atoms with van der Waals surface area (Å²) in [6, 6.07) is 14.2. The van der Waals surface area contributed by atoms with Gasteiger partial charge in [-0.3, -0.25) is 10.1 Å². The molecule has 2 rings (SSSR count). The minimum absolute atomic E-state index is 0.0209. The predicted octanol–water partition coefficient (Wildman–Crippen LogP) is 3.79. The summed E-state index contributed by atoms with van der Waals surface area (Å²) in [5, 5.41) is 14.3. The Labute approximate surface area is 103 Å². The highest BCUT2D eigenvalue weighted by Gasteiger charge is 2.12. The number of anilines is 2. The van der Waals surface area contributed by atoms with Crippen LogP contribution in [-0.4, -0.2) is 4.92 Å². The largest absolute Gasteiger partial charge is 0.350 e. The van der Waals surface area contributed by atoms with Gasteiger partial charge in [0.1, 0.15) is 5.69 Å². The summed E-state index contributed by atoms with van der Waals surface area (Å²) >= 11 is 5.83. The van der Waals surface area contributed by atoms with Gasteiger partial charge in [-0.05, 0) is 30.3 Å². The molecule has 1 N–H and O–H groups in total. The van der Waals surface area contributed by atoms with Crippen LogP contribution in [0.25, 0.3) is 0 Å². The van der Waals surface area contributed by atoms with E-state index in [-0.39, 0.29) is 5.69 Å². The third-order valence-electron chi connectivity index (χ3n) is 2.14. The van der Waals surface area contributed by atoms with Crippen molar-refractivity contribution in [1.29, 1.82) is 0 Å². The fourth-order valence-electron chi connectivity index (χ4n) is 1.40. The van der Waals surface area contributed by atoms with E-state index in [0.717, 1.165) is 0 Å². The van der Waals surface area contributed by atoms with Crippen LogP contribution in [0.15, 0.2) is 42.5 Å². The molecule has 0 aliphatic heterocycles. The Morgan fingerprint density at radius 1 is 1.35 bits per heavy atom. The lowest BCUT2D eigenvalue weighted by Crippen LogP contribution is -1.96. The Bertz CT molecular complexity index is 558. The van der Waals surface area contributed by atoms with Crippen LogP contribution in [0.2, 0.25) is 5.02 Å². The molecule has 0 heterocycles. The molecule has 0 fully saturated rings. The van der Waals surface area contributed by atoms with Crippen molar-refractivity contribution in [3.8, 4) is 0 Å². The van der Waals surface area contributed by atoms with Crippen LogP contribution < -0.4 is 5.32 Å². The van der Waals surface area contributed by atoms with Crippen LogP contribution in [0.3, 0.4) is 0 Å². The molecule has 4 nitrogen and oxygen atoms in total. The first-order chi connectivity index (χ1) is 8.16. The van der Waals surface area contributed by atoms with Gasteiger partial charge in [-0.2, -0.15) is 0 Å². The van der Waals surface area contributed by atoms with Gasteiger partial charge >= 0.3 is 0 Å². The number of nitrogens with zero attached hydrogens (tertiary/aromatic N) is 1. The zero-order valence-corrected chi connectivity index (χ0v) is 9.44. The van der Waals surface area contributed by atoms with Gasteiger partial charge in [0.15, 0.2) is 0 Å². The van der Waals surface area contributed by atoms with E-state index in [4.69, 9.17) is 11.6 Å². The Morgan fingerprint density at radius 3 is 2.88 bits per heavy atom. The summed E-state index contributed by atoms with van der Waals surface area (Å²) in [4.78, 5) is 10.3. The summed E-state index contributed by atoms with van der Waals surface area (Å²) < 4.78 is 0. The summed E-state index contributed by atoms with van der Waals surface area (Å²) in [6.07, 6.45) is 0. The van der Waals surface area contributed by atoms with Crippen molar-refractivity contribution in [3.63, 3.8) is 0 Å². The molecule has 0 aromatic heterocycles. The van der Waals surface area contributed by atoms with E-state index >= 15 is 0 Å². The zero-order chi connectivity index (χ0) is 12.3. The number of hydrogen-bond acceptors (Lipinski definition) is 3. The molecule has 85 valence electrons. The molecule has 17 heavy (non-hydrogen) atoms. The standard InChI is InChI=1S/C12H8ClN2O2/c13-9-4-3-5-10(8-9)14-11-6-1-2-7-12(11)15(16)17/h1,3-8,14H. The second kappa shape index (κ2) is 4.84. The first kappa shape index (κ1) is 11.4. The quantitative estimate of drug-likeness (QED) is 0.663. The molecular weight excluding hydrogens is 240 g/mol. The van der Waals surface area contributed by atoms with E-state index in [1.807, 2.05) is 0 Å². The highest BCUT2D eigenvalue weighted by molar-refractivity contribution is 6.30. The van der Waals surface area contributed by atoms with E-state index in [1.165, 1.54) is 6.07 Å². The van der Waals surface area contributed by atoms with Crippen LogP contribution in [0, 0.1) is 16.2 Å². The summed E-state index contributed by atoms with van der Waals surface area (Å²) in [5.74, 6) is 0. The Balaban J connectivity index is 2.33. The normalized spacial score (nSPS) is 9.94. The van der Waals surface area contributed by atoms with Gasteiger partial charge in [0, 0.05) is 16.8 Å². The summed E-state index contributed by atoms with van der Waals surface area (Å²) in [6.45, 7) is 0. The zero-order valence-electron chi connectivity index (χ0n) is 8.68. The number of halogens is 1. The minimum atomic E-state index is -0.455. The lowest BCUT2D eigenvalue weighted by Gasteiger charge is -2.06. The monoisotopic (exact) mass is 247 g/mol. The van der Waals surface area contributed by atoms with Gasteiger partial charge in [-0.1, -0.05) is 23.7 Å². The van der Waals surface area contributed by atoms with Crippen LogP contribution in [0.4, 0.5) is 17.1 Å². The number of nitrogens with one attached hydrogen (secondary N) is 1. The Morgan fingerprint density at radius 2 is 2.18 bits per heavy atom. The minimum Gasteiger partial charge on any atom is -0.350 e. The van der Waals surface area contributed by atoms with Crippen molar-refractivity contribution >= 4 is 28.7 Å². The molecule has 2 aromatic carbocycles.